The maximum atomic E-state index is 11.6. The summed E-state index contributed by atoms with van der Waals surface area (Å²) < 4.78 is 4.84. The minimum atomic E-state index is -0.210. The second-order valence-electron chi connectivity index (χ2n) is 4.32. The predicted molar refractivity (Wildman–Crippen MR) is 56.1 cm³/mol. The second-order valence-corrected chi connectivity index (χ2v) is 4.32. The van der Waals surface area contributed by atoms with Crippen molar-refractivity contribution >= 4 is 5.97 Å². The van der Waals surface area contributed by atoms with Crippen molar-refractivity contribution in [3.05, 3.63) is 0 Å². The minimum absolute atomic E-state index is 0.0421. The van der Waals surface area contributed by atoms with Crippen molar-refractivity contribution in [2.45, 2.75) is 45.6 Å². The van der Waals surface area contributed by atoms with E-state index in [-0.39, 0.29) is 11.4 Å². The molecule has 82 valence electrons. The number of carbonyl (C=O) groups is 1. The molecule has 1 saturated carbocycles. The molecule has 0 heterocycles. The fourth-order valence-corrected chi connectivity index (χ4v) is 1.79. The van der Waals surface area contributed by atoms with E-state index in [4.69, 9.17) is 4.74 Å². The molecule has 1 fully saturated rings. The first-order chi connectivity index (χ1) is 6.64. The normalized spacial score (nSPS) is 21.1. The van der Waals surface area contributed by atoms with Crippen LogP contribution in [-0.4, -0.2) is 25.7 Å². The first kappa shape index (κ1) is 11.5. The molecule has 1 unspecified atom stereocenters. The lowest BCUT2D eigenvalue weighted by Gasteiger charge is -2.39. The van der Waals surface area contributed by atoms with Crippen LogP contribution in [0.2, 0.25) is 0 Å². The smallest absolute Gasteiger partial charge is 0.313 e. The van der Waals surface area contributed by atoms with E-state index < -0.39 is 0 Å². The third kappa shape index (κ3) is 2.27. The Morgan fingerprint density at radius 3 is 2.57 bits per heavy atom. The van der Waals surface area contributed by atoms with Gasteiger partial charge in [0.05, 0.1) is 12.5 Å². The molecule has 3 heteroatoms. The van der Waals surface area contributed by atoms with Gasteiger partial charge < -0.3 is 10.1 Å². The molecule has 14 heavy (non-hydrogen) atoms. The second kappa shape index (κ2) is 4.78. The number of rotatable bonds is 5. The van der Waals surface area contributed by atoms with Gasteiger partial charge >= 0.3 is 5.97 Å². The largest absolute Gasteiger partial charge is 0.469 e. The molecule has 0 aliphatic heterocycles. The number of hydrogen-bond acceptors (Lipinski definition) is 3. The Morgan fingerprint density at radius 2 is 2.21 bits per heavy atom. The lowest BCUT2D eigenvalue weighted by atomic mass is 9.68. The van der Waals surface area contributed by atoms with E-state index in [0.29, 0.717) is 6.04 Å². The van der Waals surface area contributed by atoms with Crippen LogP contribution in [0.1, 0.15) is 39.5 Å². The monoisotopic (exact) mass is 199 g/mol. The standard InChI is InChI=1S/C11H21NO2/c1-4-9(2)12-8-11(6-5-7-11)10(13)14-3/h9,12H,4-8H2,1-3H3. The summed E-state index contributed by atoms with van der Waals surface area (Å²) in [5.74, 6) is -0.0421. The zero-order chi connectivity index (χ0) is 10.6. The van der Waals surface area contributed by atoms with Crippen molar-refractivity contribution in [2.75, 3.05) is 13.7 Å². The van der Waals surface area contributed by atoms with Crippen LogP contribution in [0.15, 0.2) is 0 Å². The Kier molecular flexibility index (Phi) is 3.93. The maximum absolute atomic E-state index is 11.6. The average molecular weight is 199 g/mol. The Morgan fingerprint density at radius 1 is 1.57 bits per heavy atom. The van der Waals surface area contributed by atoms with Crippen LogP contribution in [-0.2, 0) is 9.53 Å². The first-order valence-corrected chi connectivity index (χ1v) is 5.46. The highest BCUT2D eigenvalue weighted by atomic mass is 16.5. The van der Waals surface area contributed by atoms with Crippen LogP contribution in [0.25, 0.3) is 0 Å². The number of methoxy groups -OCH3 is 1. The van der Waals surface area contributed by atoms with Gasteiger partial charge in [-0.25, -0.2) is 0 Å². The van der Waals surface area contributed by atoms with Crippen molar-refractivity contribution in [1.82, 2.24) is 5.32 Å². The van der Waals surface area contributed by atoms with Crippen LogP contribution in [0.3, 0.4) is 0 Å². The SMILES string of the molecule is CCC(C)NCC1(C(=O)OC)CCC1. The average Bonchev–Trinajstić information content (AvgIpc) is 2.15. The molecule has 0 aromatic rings. The van der Waals surface area contributed by atoms with Gasteiger partial charge in [-0.05, 0) is 26.2 Å². The van der Waals surface area contributed by atoms with Crippen LogP contribution >= 0.6 is 0 Å². The number of esters is 1. The van der Waals surface area contributed by atoms with Crippen molar-refractivity contribution in [2.24, 2.45) is 5.41 Å². The summed E-state index contributed by atoms with van der Waals surface area (Å²) in [4.78, 5) is 11.6. The van der Waals surface area contributed by atoms with Crippen molar-refractivity contribution in [3.63, 3.8) is 0 Å². The van der Waals surface area contributed by atoms with Gasteiger partial charge in [0.15, 0.2) is 0 Å². The molecular weight excluding hydrogens is 178 g/mol. The number of hydrogen-bond donors (Lipinski definition) is 1. The highest BCUT2D eigenvalue weighted by Gasteiger charge is 2.44. The molecule has 0 aromatic carbocycles. The van der Waals surface area contributed by atoms with Gasteiger partial charge in [0.1, 0.15) is 0 Å². The summed E-state index contributed by atoms with van der Waals surface area (Å²) in [6.07, 6.45) is 4.20. The van der Waals surface area contributed by atoms with Crippen LogP contribution in [0.4, 0.5) is 0 Å². The molecule has 1 atom stereocenters. The van der Waals surface area contributed by atoms with E-state index >= 15 is 0 Å². The van der Waals surface area contributed by atoms with Crippen LogP contribution in [0, 0.1) is 5.41 Å². The zero-order valence-electron chi connectivity index (χ0n) is 9.43. The van der Waals surface area contributed by atoms with Gasteiger partial charge in [-0.2, -0.15) is 0 Å². The summed E-state index contributed by atoms with van der Waals surface area (Å²) in [6, 6.07) is 0.483. The van der Waals surface area contributed by atoms with Crippen LogP contribution in [0.5, 0.6) is 0 Å². The van der Waals surface area contributed by atoms with Gasteiger partial charge in [-0.15, -0.1) is 0 Å². The van der Waals surface area contributed by atoms with Gasteiger partial charge in [-0.3, -0.25) is 4.79 Å². The van der Waals surface area contributed by atoms with Gasteiger partial charge in [0.2, 0.25) is 0 Å². The summed E-state index contributed by atoms with van der Waals surface area (Å²) in [7, 11) is 1.48. The summed E-state index contributed by atoms with van der Waals surface area (Å²) in [5, 5.41) is 3.39. The summed E-state index contributed by atoms with van der Waals surface area (Å²) in [6.45, 7) is 5.06. The molecule has 0 bridgehead atoms. The summed E-state index contributed by atoms with van der Waals surface area (Å²) >= 11 is 0. The van der Waals surface area contributed by atoms with Crippen molar-refractivity contribution in [1.29, 1.82) is 0 Å². The van der Waals surface area contributed by atoms with E-state index in [0.717, 1.165) is 32.2 Å². The Labute approximate surface area is 86.2 Å². The van der Waals surface area contributed by atoms with E-state index in [1.54, 1.807) is 0 Å². The van der Waals surface area contributed by atoms with Gasteiger partial charge in [0.25, 0.3) is 0 Å². The molecule has 1 N–H and O–H groups in total. The number of nitrogens with one attached hydrogen (secondary N) is 1. The quantitative estimate of drug-likeness (QED) is 0.685. The van der Waals surface area contributed by atoms with Crippen LogP contribution < -0.4 is 5.32 Å². The molecule has 0 aromatic heterocycles. The maximum Gasteiger partial charge on any atom is 0.313 e. The van der Waals surface area contributed by atoms with E-state index in [1.165, 1.54) is 7.11 Å². The van der Waals surface area contributed by atoms with Gasteiger partial charge in [-0.1, -0.05) is 13.3 Å². The van der Waals surface area contributed by atoms with Crippen molar-refractivity contribution in [3.8, 4) is 0 Å². The van der Waals surface area contributed by atoms with E-state index in [1.807, 2.05) is 0 Å². The first-order valence-electron chi connectivity index (χ1n) is 5.46. The van der Waals surface area contributed by atoms with Gasteiger partial charge in [0, 0.05) is 12.6 Å². The highest BCUT2D eigenvalue weighted by molar-refractivity contribution is 5.78. The topological polar surface area (TPSA) is 38.3 Å². The lowest BCUT2D eigenvalue weighted by Crippen LogP contribution is -2.48. The highest BCUT2D eigenvalue weighted by Crippen LogP contribution is 2.41. The fourth-order valence-electron chi connectivity index (χ4n) is 1.79. The predicted octanol–water partition coefficient (Wildman–Crippen LogP) is 1.72. The molecule has 0 saturated heterocycles. The Bertz CT molecular complexity index is 199. The zero-order valence-corrected chi connectivity index (χ0v) is 9.43. The Balaban J connectivity index is 2.42. The van der Waals surface area contributed by atoms with Crippen molar-refractivity contribution < 1.29 is 9.53 Å². The van der Waals surface area contributed by atoms with E-state index in [9.17, 15) is 4.79 Å². The summed E-state index contributed by atoms with van der Waals surface area (Å²) in [5.41, 5.74) is -0.210. The van der Waals surface area contributed by atoms with E-state index in [2.05, 4.69) is 19.2 Å². The Hall–Kier alpha value is -0.570. The molecule has 1 aliphatic rings. The fraction of sp³-hybridized carbons (Fsp3) is 0.909. The molecule has 1 aliphatic carbocycles. The molecule has 0 radical (unpaired) electrons. The molecule has 1 rings (SSSR count). The minimum Gasteiger partial charge on any atom is -0.469 e. The molecule has 3 nitrogen and oxygen atoms in total. The number of carbonyl (C=O) groups excluding carboxylic acids is 1. The lowest BCUT2D eigenvalue weighted by molar-refractivity contribution is -0.158. The molecule has 0 spiro atoms. The third-order valence-corrected chi connectivity index (χ3v) is 3.33. The number of ether oxygens (including phenoxy) is 1. The third-order valence-electron chi connectivity index (χ3n) is 3.33. The molecule has 0 amide bonds. The molecular formula is C11H21NO2.